The molecule has 0 radical (unpaired) electrons. The van der Waals surface area contributed by atoms with Gasteiger partial charge in [-0.25, -0.2) is 8.78 Å². The summed E-state index contributed by atoms with van der Waals surface area (Å²) in [4.78, 5) is 0. The Morgan fingerprint density at radius 1 is 0.710 bits per heavy atom. The molecule has 0 aromatic heterocycles. The van der Waals surface area contributed by atoms with Gasteiger partial charge < -0.3 is 0 Å². The first kappa shape index (κ1) is 23.2. The third-order valence-electron chi connectivity index (χ3n) is 5.69. The van der Waals surface area contributed by atoms with Crippen molar-refractivity contribution >= 4 is 5.57 Å². The van der Waals surface area contributed by atoms with Gasteiger partial charge in [0.25, 0.3) is 0 Å². The Morgan fingerprint density at radius 2 is 1.35 bits per heavy atom. The maximum Gasteiger partial charge on any atom is 0.339 e. The molecule has 0 heterocycles. The van der Waals surface area contributed by atoms with Crippen molar-refractivity contribution in [2.24, 2.45) is 0 Å². The van der Waals surface area contributed by atoms with Crippen LogP contribution in [0, 0.1) is 11.6 Å². The Hall–Kier alpha value is -2.50. The van der Waals surface area contributed by atoms with E-state index < -0.39 is 34.6 Å². The fourth-order valence-electron chi connectivity index (χ4n) is 3.78. The van der Waals surface area contributed by atoms with Gasteiger partial charge in [0.2, 0.25) is 0 Å². The van der Waals surface area contributed by atoms with Crippen LogP contribution in [0.3, 0.4) is 0 Å². The molecule has 0 bridgehead atoms. The lowest BCUT2D eigenvalue weighted by molar-refractivity contribution is -0.149. The van der Waals surface area contributed by atoms with Gasteiger partial charge in [0.05, 0.1) is 0 Å². The molecule has 0 saturated heterocycles. The molecule has 1 aliphatic carbocycles. The quantitative estimate of drug-likeness (QED) is 0.301. The van der Waals surface area contributed by atoms with Gasteiger partial charge in [-0.2, -0.15) is 17.6 Å². The van der Waals surface area contributed by atoms with Crippen LogP contribution in [0.25, 0.3) is 16.7 Å². The van der Waals surface area contributed by atoms with Crippen molar-refractivity contribution < 1.29 is 26.3 Å². The molecule has 0 unspecified atom stereocenters. The topological polar surface area (TPSA) is 0 Å². The molecule has 0 spiro atoms. The highest BCUT2D eigenvalue weighted by atomic mass is 19.3. The minimum Gasteiger partial charge on any atom is -0.203 e. The third kappa shape index (κ3) is 4.17. The molecule has 1 aliphatic rings. The molecule has 6 heteroatoms. The number of unbranched alkanes of at least 4 members (excludes halogenated alkanes) is 2. The first-order valence-electron chi connectivity index (χ1n) is 10.4. The van der Waals surface area contributed by atoms with E-state index >= 15 is 0 Å². The first-order valence-corrected chi connectivity index (χ1v) is 10.4. The summed E-state index contributed by atoms with van der Waals surface area (Å²) in [5.41, 5.74) is -0.979. The molecule has 0 saturated carbocycles. The van der Waals surface area contributed by atoms with Crippen LogP contribution in [-0.2, 0) is 6.42 Å². The van der Waals surface area contributed by atoms with E-state index in [1.807, 2.05) is 6.92 Å². The lowest BCUT2D eigenvalue weighted by Crippen LogP contribution is -2.44. The monoisotopic (exact) mass is 438 g/mol. The van der Waals surface area contributed by atoms with Crippen LogP contribution in [0.15, 0.2) is 54.1 Å². The average Bonchev–Trinajstić information content (AvgIpc) is 2.73. The lowest BCUT2D eigenvalue weighted by Gasteiger charge is -2.33. The Morgan fingerprint density at radius 3 is 1.97 bits per heavy atom. The van der Waals surface area contributed by atoms with Crippen LogP contribution in [0.4, 0.5) is 26.3 Å². The van der Waals surface area contributed by atoms with Gasteiger partial charge in [-0.1, -0.05) is 75.2 Å². The second kappa shape index (κ2) is 8.93. The SMILES string of the molecule is CCCCCc1ccc(-c2ccc(C3=CC=C(CC)C(F)(F)C3(F)F)cc2)c(F)c1F. The van der Waals surface area contributed by atoms with Crippen LogP contribution >= 0.6 is 0 Å². The summed E-state index contributed by atoms with van der Waals surface area (Å²) < 4.78 is 86.5. The minimum absolute atomic E-state index is 0.00818. The van der Waals surface area contributed by atoms with Gasteiger partial charge in [0.15, 0.2) is 11.6 Å². The lowest BCUT2D eigenvalue weighted by atomic mass is 9.85. The van der Waals surface area contributed by atoms with Gasteiger partial charge in [-0.15, -0.1) is 0 Å². The molecule has 0 N–H and O–H groups in total. The van der Waals surface area contributed by atoms with Crippen LogP contribution in [0.5, 0.6) is 0 Å². The number of allylic oxidation sites excluding steroid dienone is 4. The van der Waals surface area contributed by atoms with Gasteiger partial charge >= 0.3 is 11.8 Å². The van der Waals surface area contributed by atoms with Gasteiger partial charge in [0.1, 0.15) is 0 Å². The molecule has 2 aromatic rings. The normalized spacial score (nSPS) is 17.3. The number of halogens is 6. The summed E-state index contributed by atoms with van der Waals surface area (Å²) in [6, 6.07) is 8.08. The molecule has 3 rings (SSSR count). The number of benzene rings is 2. The fraction of sp³-hybridized carbons (Fsp3) is 0.360. The highest BCUT2D eigenvalue weighted by molar-refractivity contribution is 5.78. The number of alkyl halides is 4. The van der Waals surface area contributed by atoms with Crippen molar-refractivity contribution in [3.63, 3.8) is 0 Å². The molecule has 0 aliphatic heterocycles. The summed E-state index contributed by atoms with van der Waals surface area (Å²) in [5, 5.41) is 0. The van der Waals surface area contributed by atoms with E-state index in [4.69, 9.17) is 0 Å². The largest absolute Gasteiger partial charge is 0.339 e. The van der Waals surface area contributed by atoms with E-state index in [1.54, 1.807) is 0 Å². The van der Waals surface area contributed by atoms with Gasteiger partial charge in [0, 0.05) is 16.7 Å². The van der Waals surface area contributed by atoms with Gasteiger partial charge in [-0.3, -0.25) is 0 Å². The first-order chi connectivity index (χ1) is 14.6. The Labute approximate surface area is 178 Å². The number of rotatable bonds is 7. The summed E-state index contributed by atoms with van der Waals surface area (Å²) >= 11 is 0. The summed E-state index contributed by atoms with van der Waals surface area (Å²) in [6.07, 6.45) is 4.89. The van der Waals surface area contributed by atoms with Crippen molar-refractivity contribution in [1.29, 1.82) is 0 Å². The van der Waals surface area contributed by atoms with Gasteiger partial charge in [-0.05, 0) is 36.0 Å². The molecule has 0 nitrogen and oxygen atoms in total. The maximum atomic E-state index is 14.6. The zero-order chi connectivity index (χ0) is 22.8. The van der Waals surface area contributed by atoms with E-state index in [0.717, 1.165) is 31.4 Å². The van der Waals surface area contributed by atoms with E-state index in [0.29, 0.717) is 12.0 Å². The maximum absolute atomic E-state index is 14.6. The predicted molar refractivity (Wildman–Crippen MR) is 111 cm³/mol. The molecule has 31 heavy (non-hydrogen) atoms. The minimum atomic E-state index is -4.37. The standard InChI is InChI=1S/C25H24F6/c1-3-5-6-7-18-12-14-20(23(27)22(18)26)16-8-10-17(11-9-16)21-15-13-19(4-2)24(28,29)25(21,30)31/h8-15H,3-7H2,1-2H3. The van der Waals surface area contributed by atoms with Crippen molar-refractivity contribution in [2.45, 2.75) is 57.8 Å². The third-order valence-corrected chi connectivity index (χ3v) is 5.69. The molecule has 2 aromatic carbocycles. The molecule has 166 valence electrons. The zero-order valence-corrected chi connectivity index (χ0v) is 17.4. The smallest absolute Gasteiger partial charge is 0.203 e. The van der Waals surface area contributed by atoms with Crippen molar-refractivity contribution in [3.8, 4) is 11.1 Å². The number of hydrogen-bond donors (Lipinski definition) is 0. The summed E-state index contributed by atoms with van der Waals surface area (Å²) in [7, 11) is 0. The van der Waals surface area contributed by atoms with Crippen molar-refractivity contribution in [1.82, 2.24) is 0 Å². The van der Waals surface area contributed by atoms with Crippen LogP contribution in [0.1, 0.15) is 50.7 Å². The average molecular weight is 438 g/mol. The highest BCUT2D eigenvalue weighted by Crippen LogP contribution is 2.51. The Balaban J connectivity index is 1.91. The highest BCUT2D eigenvalue weighted by Gasteiger charge is 2.61. The molecule has 0 amide bonds. The molecule has 0 fully saturated rings. The van der Waals surface area contributed by atoms with E-state index in [9.17, 15) is 26.3 Å². The predicted octanol–water partition coefficient (Wildman–Crippen LogP) is 8.37. The van der Waals surface area contributed by atoms with E-state index in [-0.39, 0.29) is 23.1 Å². The summed E-state index contributed by atoms with van der Waals surface area (Å²) in [6.45, 7) is 3.41. The number of hydrogen-bond acceptors (Lipinski definition) is 0. The van der Waals surface area contributed by atoms with Crippen molar-refractivity contribution in [2.75, 3.05) is 0 Å². The zero-order valence-electron chi connectivity index (χ0n) is 17.4. The van der Waals surface area contributed by atoms with Crippen LogP contribution < -0.4 is 0 Å². The van der Waals surface area contributed by atoms with Crippen LogP contribution in [0.2, 0.25) is 0 Å². The second-order valence-corrected chi connectivity index (χ2v) is 7.71. The Bertz CT molecular complexity index is 999. The molecule has 0 atom stereocenters. The molecular weight excluding hydrogens is 414 g/mol. The molecular formula is C25H24F6. The van der Waals surface area contributed by atoms with Crippen molar-refractivity contribution in [3.05, 3.63) is 76.9 Å². The van der Waals surface area contributed by atoms with E-state index in [2.05, 4.69) is 0 Å². The summed E-state index contributed by atoms with van der Waals surface area (Å²) in [5.74, 6) is -10.6. The van der Waals surface area contributed by atoms with Crippen LogP contribution in [-0.4, -0.2) is 11.8 Å². The fourth-order valence-corrected chi connectivity index (χ4v) is 3.78. The second-order valence-electron chi connectivity index (χ2n) is 7.71. The Kier molecular flexibility index (Phi) is 6.68. The van der Waals surface area contributed by atoms with E-state index in [1.165, 1.54) is 43.3 Å². The number of aryl methyl sites for hydroxylation is 1.